The second-order valence-electron chi connectivity index (χ2n) is 5.00. The lowest BCUT2D eigenvalue weighted by atomic mass is 10.1. The molecule has 0 unspecified atom stereocenters. The predicted molar refractivity (Wildman–Crippen MR) is 65.3 cm³/mol. The van der Waals surface area contributed by atoms with Crippen LogP contribution in [0.15, 0.2) is 24.3 Å². The van der Waals surface area contributed by atoms with Gasteiger partial charge in [0, 0.05) is 0 Å². The van der Waals surface area contributed by atoms with E-state index in [4.69, 9.17) is 4.84 Å². The van der Waals surface area contributed by atoms with Gasteiger partial charge < -0.3 is 4.84 Å². The molecule has 2 aliphatic rings. The van der Waals surface area contributed by atoms with Crippen LogP contribution in [0.3, 0.4) is 0 Å². The van der Waals surface area contributed by atoms with E-state index in [-0.39, 0.29) is 24.0 Å². The molecule has 0 saturated heterocycles. The van der Waals surface area contributed by atoms with Crippen molar-refractivity contribution in [2.75, 3.05) is 0 Å². The lowest BCUT2D eigenvalue weighted by Gasteiger charge is -2.20. The number of rotatable bonds is 2. The van der Waals surface area contributed by atoms with Gasteiger partial charge in [0.1, 0.15) is 0 Å². The molecule has 1 fully saturated rings. The molecule has 1 aromatic rings. The fourth-order valence-corrected chi connectivity index (χ4v) is 2.55. The molecule has 1 aromatic carbocycles. The number of halogens is 1. The highest BCUT2D eigenvalue weighted by atomic mass is 19.1. The monoisotopic (exact) mass is 277 g/mol. The number of fused-ring (bicyclic) bond motifs is 1. The van der Waals surface area contributed by atoms with E-state index >= 15 is 0 Å². The number of hydrogen-bond donors (Lipinski definition) is 0. The van der Waals surface area contributed by atoms with Gasteiger partial charge in [-0.1, -0.05) is 17.2 Å². The quantitative estimate of drug-likeness (QED) is 0.776. The van der Waals surface area contributed by atoms with Crippen molar-refractivity contribution in [1.29, 1.82) is 0 Å². The zero-order valence-corrected chi connectivity index (χ0v) is 10.6. The molecule has 1 aliphatic heterocycles. The number of imide groups is 1. The Morgan fingerprint density at radius 3 is 2.10 bits per heavy atom. The van der Waals surface area contributed by atoms with Gasteiger partial charge in [0.05, 0.1) is 11.1 Å². The van der Waals surface area contributed by atoms with Crippen LogP contribution in [0.4, 0.5) is 4.39 Å². The van der Waals surface area contributed by atoms with Gasteiger partial charge >= 0.3 is 5.97 Å². The maximum atomic E-state index is 14.2. The number of benzene rings is 1. The highest BCUT2D eigenvalue weighted by molar-refractivity contribution is 6.20. The largest absolute Gasteiger partial charge is 0.370 e. The SMILES string of the molecule is O=C1c2ccccc2C(=O)N1OC(=O)C1(F)CCCC1. The van der Waals surface area contributed by atoms with E-state index in [9.17, 15) is 18.8 Å². The smallest absolute Gasteiger partial charge is 0.326 e. The molecular weight excluding hydrogens is 265 g/mol. The summed E-state index contributed by atoms with van der Waals surface area (Å²) >= 11 is 0. The molecule has 0 bridgehead atoms. The minimum absolute atomic E-state index is 0.0645. The summed E-state index contributed by atoms with van der Waals surface area (Å²) in [4.78, 5) is 40.5. The molecule has 1 saturated carbocycles. The first kappa shape index (κ1) is 12.8. The summed E-state index contributed by atoms with van der Waals surface area (Å²) in [5, 5.41) is 0.354. The van der Waals surface area contributed by atoms with Gasteiger partial charge in [-0.25, -0.2) is 9.18 Å². The topological polar surface area (TPSA) is 63.7 Å². The van der Waals surface area contributed by atoms with E-state index in [1.807, 2.05) is 0 Å². The van der Waals surface area contributed by atoms with Crippen molar-refractivity contribution in [2.45, 2.75) is 31.4 Å². The summed E-state index contributed by atoms with van der Waals surface area (Å²) in [6.07, 6.45) is 1.31. The summed E-state index contributed by atoms with van der Waals surface area (Å²) in [5.41, 5.74) is -1.77. The van der Waals surface area contributed by atoms with Crippen LogP contribution in [-0.2, 0) is 9.63 Å². The molecule has 5 nitrogen and oxygen atoms in total. The molecule has 1 aliphatic carbocycles. The minimum Gasteiger partial charge on any atom is -0.326 e. The first-order valence-electron chi connectivity index (χ1n) is 6.42. The molecule has 0 spiro atoms. The Kier molecular flexibility index (Phi) is 2.81. The van der Waals surface area contributed by atoms with Gasteiger partial charge in [0.25, 0.3) is 11.8 Å². The predicted octanol–water partition coefficient (Wildman–Crippen LogP) is 2.02. The van der Waals surface area contributed by atoms with Gasteiger partial charge in [0.15, 0.2) is 0 Å². The third kappa shape index (κ3) is 1.79. The first-order valence-corrected chi connectivity index (χ1v) is 6.42. The van der Waals surface area contributed by atoms with Crippen LogP contribution in [-0.4, -0.2) is 28.5 Å². The number of nitrogens with zero attached hydrogens (tertiary/aromatic N) is 1. The van der Waals surface area contributed by atoms with Crippen LogP contribution in [0.25, 0.3) is 0 Å². The van der Waals surface area contributed by atoms with E-state index < -0.39 is 23.5 Å². The molecule has 20 heavy (non-hydrogen) atoms. The fourth-order valence-electron chi connectivity index (χ4n) is 2.55. The van der Waals surface area contributed by atoms with Crippen LogP contribution < -0.4 is 0 Å². The third-order valence-electron chi connectivity index (χ3n) is 3.69. The van der Waals surface area contributed by atoms with Crippen molar-refractivity contribution >= 4 is 17.8 Å². The summed E-state index contributed by atoms with van der Waals surface area (Å²) < 4.78 is 14.2. The molecule has 0 aromatic heterocycles. The Labute approximate surface area is 114 Å². The molecule has 0 atom stereocenters. The van der Waals surface area contributed by atoms with Gasteiger partial charge in [0.2, 0.25) is 5.67 Å². The number of amides is 2. The number of carbonyl (C=O) groups excluding carboxylic acids is 3. The van der Waals surface area contributed by atoms with Gasteiger partial charge in [-0.15, -0.1) is 0 Å². The normalized spacial score (nSPS) is 20.1. The van der Waals surface area contributed by atoms with E-state index in [1.54, 1.807) is 12.1 Å². The zero-order chi connectivity index (χ0) is 14.3. The molecule has 6 heteroatoms. The Hall–Kier alpha value is -2.24. The second kappa shape index (κ2) is 4.40. The number of hydroxylamine groups is 2. The van der Waals surface area contributed by atoms with Crippen LogP contribution in [0, 0.1) is 0 Å². The third-order valence-corrected chi connectivity index (χ3v) is 3.69. The van der Waals surface area contributed by atoms with Crippen molar-refractivity contribution < 1.29 is 23.6 Å². The second-order valence-corrected chi connectivity index (χ2v) is 5.00. The van der Waals surface area contributed by atoms with Crippen molar-refractivity contribution in [3.63, 3.8) is 0 Å². The molecule has 3 rings (SSSR count). The molecule has 1 heterocycles. The van der Waals surface area contributed by atoms with Crippen LogP contribution in [0.2, 0.25) is 0 Å². The highest BCUT2D eigenvalue weighted by Crippen LogP contribution is 2.35. The van der Waals surface area contributed by atoms with Crippen LogP contribution in [0.5, 0.6) is 0 Å². The van der Waals surface area contributed by atoms with E-state index in [0.717, 1.165) is 0 Å². The molecule has 0 radical (unpaired) electrons. The van der Waals surface area contributed by atoms with Crippen molar-refractivity contribution in [1.82, 2.24) is 5.06 Å². The summed E-state index contributed by atoms with van der Waals surface area (Å²) in [7, 11) is 0. The molecular formula is C14H12FNO4. The standard InChI is InChI=1S/C14H12FNO4/c15-14(7-3-4-8-14)13(19)20-16-11(17)9-5-1-2-6-10(9)12(16)18/h1-2,5-6H,3-4,7-8H2. The van der Waals surface area contributed by atoms with Gasteiger partial charge in [-0.2, -0.15) is 0 Å². The minimum atomic E-state index is -2.09. The average molecular weight is 277 g/mol. The Morgan fingerprint density at radius 1 is 1.10 bits per heavy atom. The fraction of sp³-hybridized carbons (Fsp3) is 0.357. The maximum Gasteiger partial charge on any atom is 0.370 e. The van der Waals surface area contributed by atoms with E-state index in [0.29, 0.717) is 17.9 Å². The Morgan fingerprint density at radius 2 is 1.60 bits per heavy atom. The van der Waals surface area contributed by atoms with Gasteiger partial charge in [-0.3, -0.25) is 9.59 Å². The van der Waals surface area contributed by atoms with Crippen LogP contribution in [0.1, 0.15) is 46.4 Å². The van der Waals surface area contributed by atoms with Gasteiger partial charge in [-0.05, 0) is 37.8 Å². The summed E-state index contributed by atoms with van der Waals surface area (Å²) in [5.74, 6) is -2.63. The lowest BCUT2D eigenvalue weighted by Crippen LogP contribution is -2.40. The number of alkyl halides is 1. The Balaban J connectivity index is 1.82. The first-order chi connectivity index (χ1) is 9.53. The van der Waals surface area contributed by atoms with Crippen LogP contribution >= 0.6 is 0 Å². The molecule has 2 amide bonds. The van der Waals surface area contributed by atoms with E-state index in [1.165, 1.54) is 12.1 Å². The van der Waals surface area contributed by atoms with Crippen molar-refractivity contribution in [2.24, 2.45) is 0 Å². The summed E-state index contributed by atoms with van der Waals surface area (Å²) in [6, 6.07) is 6.13. The number of carbonyl (C=O) groups is 3. The van der Waals surface area contributed by atoms with Crippen molar-refractivity contribution in [3.05, 3.63) is 35.4 Å². The maximum absolute atomic E-state index is 14.2. The molecule has 0 N–H and O–H groups in total. The zero-order valence-electron chi connectivity index (χ0n) is 10.6. The highest BCUT2D eigenvalue weighted by Gasteiger charge is 2.47. The Bertz CT molecular complexity index is 572. The number of hydrogen-bond acceptors (Lipinski definition) is 4. The summed E-state index contributed by atoms with van der Waals surface area (Å²) in [6.45, 7) is 0. The van der Waals surface area contributed by atoms with E-state index in [2.05, 4.69) is 0 Å². The van der Waals surface area contributed by atoms with Crippen molar-refractivity contribution in [3.8, 4) is 0 Å². The molecule has 104 valence electrons. The average Bonchev–Trinajstić information content (AvgIpc) is 2.99. The lowest BCUT2D eigenvalue weighted by molar-refractivity contribution is -0.182.